The molecule has 17 heavy (non-hydrogen) atoms. The predicted octanol–water partition coefficient (Wildman–Crippen LogP) is 1.05. The Morgan fingerprint density at radius 3 is 2.24 bits per heavy atom. The van der Waals surface area contributed by atoms with Gasteiger partial charge < -0.3 is 15.3 Å². The smallest absolute Gasteiger partial charge is 0.329 e. The van der Waals surface area contributed by atoms with Gasteiger partial charge in [0.25, 0.3) is 0 Å². The van der Waals surface area contributed by atoms with Crippen LogP contribution in [0.4, 0.5) is 4.79 Å². The summed E-state index contributed by atoms with van der Waals surface area (Å²) < 4.78 is 0. The highest BCUT2D eigenvalue weighted by atomic mass is 16.4. The highest BCUT2D eigenvalue weighted by molar-refractivity contribution is 5.89. The Morgan fingerprint density at radius 1 is 1.18 bits per heavy atom. The molecule has 2 amide bonds. The molecule has 0 aromatic rings. The molecule has 5 nitrogen and oxygen atoms in total. The maximum absolute atomic E-state index is 12.0. The molecular weight excluding hydrogens is 220 g/mol. The molecule has 0 spiro atoms. The summed E-state index contributed by atoms with van der Waals surface area (Å²) in [6.45, 7) is 1.62. The lowest BCUT2D eigenvalue weighted by Gasteiger charge is -2.21. The standard InChI is InChI=1S/C12H18N2O3/c15-10(16)12(4-5-12)13-11(17)14-6-8-2-1-3-9(8)7-14/h8-9H,1-7H2,(H,13,17)(H,15,16). The maximum atomic E-state index is 12.0. The third kappa shape index (κ3) is 1.77. The Balaban J connectivity index is 1.59. The van der Waals surface area contributed by atoms with Crippen molar-refractivity contribution in [3.8, 4) is 0 Å². The Morgan fingerprint density at radius 2 is 1.76 bits per heavy atom. The zero-order valence-electron chi connectivity index (χ0n) is 9.82. The fourth-order valence-electron chi connectivity index (χ4n) is 3.20. The number of rotatable bonds is 2. The van der Waals surface area contributed by atoms with Crippen LogP contribution in [0.2, 0.25) is 0 Å². The molecule has 0 aromatic carbocycles. The third-order valence-electron chi connectivity index (χ3n) is 4.52. The average molecular weight is 238 g/mol. The first-order valence-electron chi connectivity index (χ1n) is 6.41. The second-order valence-corrected chi connectivity index (χ2v) is 5.67. The minimum absolute atomic E-state index is 0.181. The molecule has 2 N–H and O–H groups in total. The topological polar surface area (TPSA) is 69.6 Å². The van der Waals surface area contributed by atoms with Crippen LogP contribution in [0, 0.1) is 11.8 Å². The van der Waals surface area contributed by atoms with E-state index in [0.29, 0.717) is 24.7 Å². The minimum atomic E-state index is -0.950. The summed E-state index contributed by atoms with van der Waals surface area (Å²) >= 11 is 0. The van der Waals surface area contributed by atoms with Gasteiger partial charge in [-0.1, -0.05) is 6.42 Å². The zero-order valence-corrected chi connectivity index (χ0v) is 9.82. The molecule has 2 unspecified atom stereocenters. The van der Waals surface area contributed by atoms with Gasteiger partial charge in [0.05, 0.1) is 0 Å². The number of nitrogens with one attached hydrogen (secondary N) is 1. The van der Waals surface area contributed by atoms with E-state index >= 15 is 0 Å². The molecule has 5 heteroatoms. The van der Waals surface area contributed by atoms with Gasteiger partial charge in [0.1, 0.15) is 5.54 Å². The monoisotopic (exact) mass is 238 g/mol. The molecule has 1 aliphatic heterocycles. The van der Waals surface area contributed by atoms with Crippen LogP contribution in [-0.4, -0.2) is 40.6 Å². The Hall–Kier alpha value is -1.26. The quantitative estimate of drug-likeness (QED) is 0.755. The van der Waals surface area contributed by atoms with E-state index < -0.39 is 11.5 Å². The van der Waals surface area contributed by atoms with Gasteiger partial charge in [-0.25, -0.2) is 9.59 Å². The molecule has 2 atom stereocenters. The molecule has 0 bridgehead atoms. The predicted molar refractivity (Wildman–Crippen MR) is 60.5 cm³/mol. The molecule has 2 saturated carbocycles. The van der Waals surface area contributed by atoms with E-state index in [0.717, 1.165) is 13.1 Å². The number of carboxylic acids is 1. The number of likely N-dealkylation sites (tertiary alicyclic amines) is 1. The van der Waals surface area contributed by atoms with Crippen molar-refractivity contribution in [3.05, 3.63) is 0 Å². The van der Waals surface area contributed by atoms with E-state index in [4.69, 9.17) is 5.11 Å². The summed E-state index contributed by atoms with van der Waals surface area (Å²) in [6, 6.07) is -0.181. The SMILES string of the molecule is O=C(NC1(C(=O)O)CC1)N1CC2CCCC2C1. The van der Waals surface area contributed by atoms with Crippen LogP contribution in [0.25, 0.3) is 0 Å². The van der Waals surface area contributed by atoms with Crippen LogP contribution in [0.15, 0.2) is 0 Å². The van der Waals surface area contributed by atoms with Gasteiger partial charge in [0, 0.05) is 13.1 Å². The largest absolute Gasteiger partial charge is 0.480 e. The van der Waals surface area contributed by atoms with Gasteiger partial charge in [0.2, 0.25) is 0 Å². The van der Waals surface area contributed by atoms with E-state index in [9.17, 15) is 9.59 Å². The molecule has 3 aliphatic rings. The number of nitrogens with zero attached hydrogens (tertiary/aromatic N) is 1. The number of urea groups is 1. The fraction of sp³-hybridized carbons (Fsp3) is 0.833. The van der Waals surface area contributed by atoms with Crippen molar-refractivity contribution in [3.63, 3.8) is 0 Å². The molecule has 0 radical (unpaired) electrons. The first-order chi connectivity index (χ1) is 8.11. The number of carbonyl (C=O) groups excluding carboxylic acids is 1. The lowest BCUT2D eigenvalue weighted by molar-refractivity contribution is -0.140. The van der Waals surface area contributed by atoms with Gasteiger partial charge in [-0.15, -0.1) is 0 Å². The van der Waals surface area contributed by atoms with Gasteiger partial charge in [-0.3, -0.25) is 0 Å². The van der Waals surface area contributed by atoms with E-state index in [1.165, 1.54) is 19.3 Å². The Labute approximate surface area is 100 Å². The van der Waals surface area contributed by atoms with Crippen molar-refractivity contribution in [2.24, 2.45) is 11.8 Å². The normalized spacial score (nSPS) is 33.3. The first-order valence-corrected chi connectivity index (χ1v) is 6.41. The van der Waals surface area contributed by atoms with Crippen molar-refractivity contribution in [2.75, 3.05) is 13.1 Å². The molecule has 2 aliphatic carbocycles. The van der Waals surface area contributed by atoms with Gasteiger partial charge >= 0.3 is 12.0 Å². The summed E-state index contributed by atoms with van der Waals surface area (Å²) in [5.41, 5.74) is -0.950. The number of carboxylic acid groups (broad SMARTS) is 1. The number of fused-ring (bicyclic) bond motifs is 1. The van der Waals surface area contributed by atoms with Crippen LogP contribution in [0.3, 0.4) is 0 Å². The highest BCUT2D eigenvalue weighted by Gasteiger charge is 2.52. The van der Waals surface area contributed by atoms with Crippen molar-refractivity contribution >= 4 is 12.0 Å². The molecule has 94 valence electrons. The Kier molecular flexibility index (Phi) is 2.31. The fourth-order valence-corrected chi connectivity index (χ4v) is 3.20. The van der Waals surface area contributed by atoms with E-state index in [2.05, 4.69) is 5.32 Å². The zero-order chi connectivity index (χ0) is 12.0. The number of amides is 2. The van der Waals surface area contributed by atoms with E-state index in [1.54, 1.807) is 4.90 Å². The molecular formula is C12H18N2O3. The third-order valence-corrected chi connectivity index (χ3v) is 4.52. The summed E-state index contributed by atoms with van der Waals surface area (Å²) in [5, 5.41) is 11.7. The molecule has 0 aromatic heterocycles. The summed E-state index contributed by atoms with van der Waals surface area (Å²) in [4.78, 5) is 24.8. The molecule has 3 fully saturated rings. The van der Waals surface area contributed by atoms with Gasteiger partial charge in [-0.05, 0) is 37.5 Å². The van der Waals surface area contributed by atoms with E-state index in [-0.39, 0.29) is 6.03 Å². The van der Waals surface area contributed by atoms with Crippen LogP contribution in [0.5, 0.6) is 0 Å². The first kappa shape index (κ1) is 10.9. The lowest BCUT2D eigenvalue weighted by atomic mass is 10.0. The average Bonchev–Trinajstić information content (AvgIpc) is 2.75. The maximum Gasteiger partial charge on any atom is 0.329 e. The summed E-state index contributed by atoms with van der Waals surface area (Å²) in [6.07, 6.45) is 4.85. The van der Waals surface area contributed by atoms with Crippen molar-refractivity contribution in [2.45, 2.75) is 37.6 Å². The molecule has 1 saturated heterocycles. The van der Waals surface area contributed by atoms with Crippen molar-refractivity contribution in [1.82, 2.24) is 10.2 Å². The van der Waals surface area contributed by atoms with Gasteiger partial charge in [0.15, 0.2) is 0 Å². The summed E-state index contributed by atoms with van der Waals surface area (Å²) in [5.74, 6) is 0.409. The molecule has 3 rings (SSSR count). The Bertz CT molecular complexity index is 353. The number of aliphatic carboxylic acids is 1. The number of hydrogen-bond acceptors (Lipinski definition) is 2. The second kappa shape index (κ2) is 3.62. The van der Waals surface area contributed by atoms with Crippen molar-refractivity contribution in [1.29, 1.82) is 0 Å². The number of carbonyl (C=O) groups is 2. The number of hydrogen-bond donors (Lipinski definition) is 2. The van der Waals surface area contributed by atoms with Crippen molar-refractivity contribution < 1.29 is 14.7 Å². The second-order valence-electron chi connectivity index (χ2n) is 5.67. The van der Waals surface area contributed by atoms with Crippen LogP contribution < -0.4 is 5.32 Å². The van der Waals surface area contributed by atoms with Gasteiger partial charge in [-0.2, -0.15) is 0 Å². The molecule has 1 heterocycles. The summed E-state index contributed by atoms with van der Waals surface area (Å²) in [7, 11) is 0. The van der Waals surface area contributed by atoms with Crippen LogP contribution in [0.1, 0.15) is 32.1 Å². The van der Waals surface area contributed by atoms with E-state index in [1.807, 2.05) is 0 Å². The minimum Gasteiger partial charge on any atom is -0.480 e. The highest BCUT2D eigenvalue weighted by Crippen LogP contribution is 2.39. The van der Waals surface area contributed by atoms with Crippen LogP contribution >= 0.6 is 0 Å². The lowest BCUT2D eigenvalue weighted by Crippen LogP contribution is -2.49. The van der Waals surface area contributed by atoms with Crippen LogP contribution in [-0.2, 0) is 4.79 Å².